The fraction of sp³-hybridized carbons (Fsp3) is 0.154. The lowest BCUT2D eigenvalue weighted by molar-refractivity contribution is 0.619. The molecule has 0 saturated heterocycles. The number of hydrogen-bond acceptors (Lipinski definition) is 2. The Morgan fingerprint density at radius 3 is 2.94 bits per heavy atom. The average molecular weight is 213 g/mol. The fourth-order valence-corrected chi connectivity index (χ4v) is 2.00. The van der Waals surface area contributed by atoms with Gasteiger partial charge in [0, 0.05) is 5.39 Å². The lowest BCUT2D eigenvalue weighted by atomic mass is 10.1. The van der Waals surface area contributed by atoms with Crippen LogP contribution in [-0.2, 0) is 6.42 Å². The van der Waals surface area contributed by atoms with Crippen molar-refractivity contribution >= 4 is 21.9 Å². The van der Waals surface area contributed by atoms with Crippen LogP contribution in [0.5, 0.6) is 0 Å². The zero-order valence-electron chi connectivity index (χ0n) is 8.91. The molecule has 1 N–H and O–H groups in total. The second-order valence-corrected chi connectivity index (χ2v) is 3.85. The summed E-state index contributed by atoms with van der Waals surface area (Å²) in [5, 5.41) is 1.56. The largest absolute Gasteiger partial charge is 0.463 e. The van der Waals surface area contributed by atoms with Crippen molar-refractivity contribution in [3.05, 3.63) is 46.4 Å². The van der Waals surface area contributed by atoms with E-state index in [1.807, 2.05) is 12.1 Å². The highest BCUT2D eigenvalue weighted by atomic mass is 16.3. The second kappa shape index (κ2) is 3.23. The Balaban J connectivity index is 2.53. The Kier molecular flexibility index (Phi) is 1.86. The Labute approximate surface area is 91.7 Å². The molecule has 3 heteroatoms. The fourth-order valence-electron chi connectivity index (χ4n) is 2.00. The van der Waals surface area contributed by atoms with Crippen LogP contribution in [0.3, 0.4) is 0 Å². The van der Waals surface area contributed by atoms with Crippen molar-refractivity contribution in [3.8, 4) is 0 Å². The number of aromatic nitrogens is 1. The van der Waals surface area contributed by atoms with Crippen LogP contribution in [0, 0.1) is 0 Å². The summed E-state index contributed by atoms with van der Waals surface area (Å²) in [6.45, 7) is 2.09. The number of nitrogens with one attached hydrogen (secondary N) is 1. The molecule has 0 saturated carbocycles. The third-order valence-corrected chi connectivity index (χ3v) is 2.89. The Morgan fingerprint density at radius 2 is 2.12 bits per heavy atom. The Bertz CT molecular complexity index is 721. The molecule has 0 atom stereocenters. The molecule has 0 unspecified atom stereocenters. The first-order valence-electron chi connectivity index (χ1n) is 5.31. The normalized spacial score (nSPS) is 11.3. The van der Waals surface area contributed by atoms with Gasteiger partial charge in [0.1, 0.15) is 5.58 Å². The highest BCUT2D eigenvalue weighted by Gasteiger charge is 2.07. The highest BCUT2D eigenvalue weighted by molar-refractivity contribution is 6.01. The van der Waals surface area contributed by atoms with Crippen LogP contribution in [0.15, 0.2) is 39.7 Å². The minimum atomic E-state index is -0.0931. The maximum Gasteiger partial charge on any atom is 0.259 e. The van der Waals surface area contributed by atoms with Gasteiger partial charge in [-0.1, -0.05) is 13.0 Å². The predicted octanol–water partition coefficient (Wildman–Crippen LogP) is 2.84. The quantitative estimate of drug-likeness (QED) is 0.675. The number of furan rings is 1. The molecule has 16 heavy (non-hydrogen) atoms. The number of fused-ring (bicyclic) bond motifs is 3. The van der Waals surface area contributed by atoms with Crippen LogP contribution in [0.4, 0.5) is 0 Å². The standard InChI is InChI=1S/C13H11NO2/c1-2-8-3-4-9-11(7-8)14-13(15)10-5-6-16-12(9)10/h3-7H,2H2,1H3,(H,14,15). The van der Waals surface area contributed by atoms with E-state index in [4.69, 9.17) is 4.42 Å². The van der Waals surface area contributed by atoms with E-state index in [1.165, 1.54) is 5.56 Å². The maximum absolute atomic E-state index is 11.7. The third kappa shape index (κ3) is 1.18. The molecule has 0 amide bonds. The molecule has 3 aromatic rings. The van der Waals surface area contributed by atoms with Crippen LogP contribution < -0.4 is 5.56 Å². The smallest absolute Gasteiger partial charge is 0.259 e. The molecule has 80 valence electrons. The van der Waals surface area contributed by atoms with Crippen LogP contribution >= 0.6 is 0 Å². The molecule has 0 aliphatic carbocycles. The number of rotatable bonds is 1. The van der Waals surface area contributed by atoms with Crippen molar-refractivity contribution in [2.24, 2.45) is 0 Å². The molecule has 0 fully saturated rings. The molecule has 1 aromatic carbocycles. The van der Waals surface area contributed by atoms with Crippen molar-refractivity contribution < 1.29 is 4.42 Å². The molecule has 0 bridgehead atoms. The Hall–Kier alpha value is -2.03. The summed E-state index contributed by atoms with van der Waals surface area (Å²) in [4.78, 5) is 14.6. The van der Waals surface area contributed by atoms with Crippen molar-refractivity contribution in [2.45, 2.75) is 13.3 Å². The van der Waals surface area contributed by atoms with E-state index in [2.05, 4.69) is 18.0 Å². The third-order valence-electron chi connectivity index (χ3n) is 2.89. The zero-order chi connectivity index (χ0) is 11.1. The second-order valence-electron chi connectivity index (χ2n) is 3.85. The molecule has 0 aliphatic rings. The van der Waals surface area contributed by atoms with E-state index in [-0.39, 0.29) is 5.56 Å². The van der Waals surface area contributed by atoms with E-state index in [0.717, 1.165) is 17.3 Å². The van der Waals surface area contributed by atoms with Gasteiger partial charge in [0.05, 0.1) is 17.2 Å². The first kappa shape index (κ1) is 9.21. The van der Waals surface area contributed by atoms with Crippen molar-refractivity contribution in [1.29, 1.82) is 0 Å². The van der Waals surface area contributed by atoms with Gasteiger partial charge in [-0.05, 0) is 30.2 Å². The van der Waals surface area contributed by atoms with Gasteiger partial charge in [-0.15, -0.1) is 0 Å². The lowest BCUT2D eigenvalue weighted by Crippen LogP contribution is -2.04. The van der Waals surface area contributed by atoms with Crippen molar-refractivity contribution in [3.63, 3.8) is 0 Å². The molecule has 2 aromatic heterocycles. The average Bonchev–Trinajstić information content (AvgIpc) is 2.78. The lowest BCUT2D eigenvalue weighted by Gasteiger charge is -2.01. The molecule has 3 rings (SSSR count). The zero-order valence-corrected chi connectivity index (χ0v) is 8.91. The van der Waals surface area contributed by atoms with Gasteiger partial charge in [-0.2, -0.15) is 0 Å². The summed E-state index contributed by atoms with van der Waals surface area (Å²) in [6.07, 6.45) is 2.50. The van der Waals surface area contributed by atoms with Gasteiger partial charge >= 0.3 is 0 Å². The van der Waals surface area contributed by atoms with E-state index in [1.54, 1.807) is 12.3 Å². The number of aryl methyl sites for hydroxylation is 1. The van der Waals surface area contributed by atoms with Gasteiger partial charge in [0.15, 0.2) is 0 Å². The van der Waals surface area contributed by atoms with Gasteiger partial charge in [0.2, 0.25) is 0 Å². The van der Waals surface area contributed by atoms with Crippen LogP contribution in [0.1, 0.15) is 12.5 Å². The first-order valence-corrected chi connectivity index (χ1v) is 5.31. The monoisotopic (exact) mass is 213 g/mol. The molecule has 2 heterocycles. The molecule has 0 spiro atoms. The number of aromatic amines is 1. The van der Waals surface area contributed by atoms with Crippen molar-refractivity contribution in [2.75, 3.05) is 0 Å². The van der Waals surface area contributed by atoms with Crippen LogP contribution in [0.2, 0.25) is 0 Å². The number of H-pyrrole nitrogens is 1. The summed E-state index contributed by atoms with van der Waals surface area (Å²) in [7, 11) is 0. The van der Waals surface area contributed by atoms with E-state index < -0.39 is 0 Å². The number of hydrogen-bond donors (Lipinski definition) is 1. The summed E-state index contributed by atoms with van der Waals surface area (Å²) in [5.41, 5.74) is 2.62. The van der Waals surface area contributed by atoms with Gasteiger partial charge < -0.3 is 9.40 Å². The van der Waals surface area contributed by atoms with Crippen molar-refractivity contribution in [1.82, 2.24) is 4.98 Å². The Morgan fingerprint density at radius 1 is 1.25 bits per heavy atom. The van der Waals surface area contributed by atoms with Crippen LogP contribution in [-0.4, -0.2) is 4.98 Å². The van der Waals surface area contributed by atoms with E-state index in [0.29, 0.717) is 11.0 Å². The molecule has 3 nitrogen and oxygen atoms in total. The minimum absolute atomic E-state index is 0.0931. The highest BCUT2D eigenvalue weighted by Crippen LogP contribution is 2.22. The van der Waals surface area contributed by atoms with Gasteiger partial charge in [0.25, 0.3) is 5.56 Å². The SMILES string of the molecule is CCc1ccc2c(c1)[nH]c(=O)c1ccoc12. The minimum Gasteiger partial charge on any atom is -0.463 e. The molecule has 0 radical (unpaired) electrons. The van der Waals surface area contributed by atoms with E-state index in [9.17, 15) is 4.79 Å². The van der Waals surface area contributed by atoms with Gasteiger partial charge in [-0.25, -0.2) is 0 Å². The summed E-state index contributed by atoms with van der Waals surface area (Å²) < 4.78 is 5.37. The van der Waals surface area contributed by atoms with E-state index >= 15 is 0 Å². The van der Waals surface area contributed by atoms with Crippen LogP contribution in [0.25, 0.3) is 21.9 Å². The summed E-state index contributed by atoms with van der Waals surface area (Å²) in [5.74, 6) is 0. The maximum atomic E-state index is 11.7. The molecule has 0 aliphatic heterocycles. The summed E-state index contributed by atoms with van der Waals surface area (Å²) in [6, 6.07) is 7.75. The molecular formula is C13H11NO2. The summed E-state index contributed by atoms with van der Waals surface area (Å²) >= 11 is 0. The predicted molar refractivity (Wildman–Crippen MR) is 63.7 cm³/mol. The number of pyridine rings is 1. The number of benzene rings is 1. The topological polar surface area (TPSA) is 46.0 Å². The first-order chi connectivity index (χ1) is 7.79. The molecular weight excluding hydrogens is 202 g/mol. The van der Waals surface area contributed by atoms with Gasteiger partial charge in [-0.3, -0.25) is 4.79 Å².